The second-order valence-electron chi connectivity index (χ2n) is 11.4. The van der Waals surface area contributed by atoms with Crippen LogP contribution >= 0.6 is 0 Å². The number of ether oxygens (including phenoxy) is 2. The number of hydrogen-bond donors (Lipinski definition) is 3. The van der Waals surface area contributed by atoms with E-state index < -0.39 is 49.4 Å². The number of carbonyl (C=O) groups excluding carboxylic acids is 2. The van der Waals surface area contributed by atoms with Crippen LogP contribution in [0.25, 0.3) is 5.73 Å². The van der Waals surface area contributed by atoms with Crippen LogP contribution in [0.5, 0.6) is 0 Å². The van der Waals surface area contributed by atoms with Crippen LogP contribution in [0, 0.1) is 65.3 Å². The Morgan fingerprint density at radius 3 is 1.47 bits per heavy atom. The molecule has 255 valence electrons. The zero-order valence-corrected chi connectivity index (χ0v) is 31.9. The Labute approximate surface area is 308 Å². The third-order valence-electron chi connectivity index (χ3n) is 8.17. The first-order valence-corrected chi connectivity index (χ1v) is 18.5. The molecule has 4 heterocycles. The quantitative estimate of drug-likeness (QED) is 0.390. The maximum absolute atomic E-state index is 14.4. The molecule has 0 aromatic heterocycles. The molecule has 4 aliphatic rings. The monoisotopic (exact) mass is 910 g/mol. The van der Waals surface area contributed by atoms with Crippen molar-refractivity contribution in [2.24, 2.45) is 5.73 Å². The average Bonchev–Trinajstić information content (AvgIpc) is 3.59. The molecule has 19 heteroatoms. The second kappa shape index (κ2) is 15.5. The molecule has 14 nitrogen and oxygen atoms in total. The number of halogens is 2. The van der Waals surface area contributed by atoms with Crippen LogP contribution < -0.4 is 25.3 Å². The Kier molecular flexibility index (Phi) is 12.4. The number of anilines is 4. The van der Waals surface area contributed by atoms with Gasteiger partial charge in [-0.2, -0.15) is 0 Å². The van der Waals surface area contributed by atoms with Crippen LogP contribution in [0.15, 0.2) is 36.4 Å². The van der Waals surface area contributed by atoms with Gasteiger partial charge in [-0.25, -0.2) is 26.8 Å². The van der Waals surface area contributed by atoms with Crippen molar-refractivity contribution in [3.63, 3.8) is 0 Å². The third kappa shape index (κ3) is 9.04. The first-order chi connectivity index (χ1) is 21.8. The summed E-state index contributed by atoms with van der Waals surface area (Å²) >= 11 is 0. The van der Waals surface area contributed by atoms with E-state index in [9.17, 15) is 26.8 Å². The fraction of sp³-hybridized carbons (Fsp3) is 0.500. The van der Waals surface area contributed by atoms with E-state index in [1.807, 2.05) is 0 Å². The minimum Gasteiger partial charge on any atom is -0.674 e. The van der Waals surface area contributed by atoms with Gasteiger partial charge < -0.3 is 30.7 Å². The molecule has 0 unspecified atom stereocenters. The van der Waals surface area contributed by atoms with Gasteiger partial charge in [-0.15, -0.1) is 6.54 Å². The molecule has 1 radical (unpaired) electrons. The van der Waals surface area contributed by atoms with Crippen molar-refractivity contribution in [1.29, 1.82) is 9.56 Å². The van der Waals surface area contributed by atoms with E-state index >= 15 is 0 Å². The molecular formula is C28H37AcF2N8O6S2-. The van der Waals surface area contributed by atoms with Gasteiger partial charge in [-0.05, 0) is 36.4 Å². The van der Waals surface area contributed by atoms with Crippen molar-refractivity contribution >= 4 is 54.4 Å². The maximum atomic E-state index is 14.4. The molecule has 4 saturated heterocycles. The van der Waals surface area contributed by atoms with Crippen molar-refractivity contribution in [2.45, 2.75) is 12.2 Å². The molecule has 2 amide bonds. The number of nitrogens with zero attached hydrogens (tertiary/aromatic N) is 4. The summed E-state index contributed by atoms with van der Waals surface area (Å²) in [6.45, 7) is 2.28. The molecule has 0 bridgehead atoms. The van der Waals surface area contributed by atoms with Crippen LogP contribution in [-0.4, -0.2) is 108 Å². The van der Waals surface area contributed by atoms with Crippen molar-refractivity contribution in [1.82, 2.24) is 0 Å². The third-order valence-corrected chi connectivity index (χ3v) is 11.5. The van der Waals surface area contributed by atoms with Crippen LogP contribution in [0.3, 0.4) is 0 Å². The van der Waals surface area contributed by atoms with Crippen LogP contribution in [-0.2, 0) is 28.9 Å². The number of cyclic esters (lactones) is 2. The summed E-state index contributed by atoms with van der Waals surface area (Å²) in [5, 5.41) is 0. The molecule has 0 saturated carbocycles. The summed E-state index contributed by atoms with van der Waals surface area (Å²) in [5.74, 6) is 0.0264. The standard InChI is InChI=1S/C14H19FN4O3S.C14H18FN4O3S.Ac/c2*15-12-7-10(19-9-11(8-16)22-14(19)20)1-2-13(12)18-3-5-23(17,21)6-4-18;/h1-2,7,11,17H,3-6,8-9,16H2;1-2,7,11,16-17H,3-6,8-9H2;/q;-1;/t2*11-;/m00./s1. The first-order valence-electron chi connectivity index (χ1n) is 14.7. The predicted octanol–water partition coefficient (Wildman–Crippen LogP) is 3.05. The minimum absolute atomic E-state index is 0. The van der Waals surface area contributed by atoms with E-state index in [1.165, 1.54) is 21.9 Å². The molecule has 47 heavy (non-hydrogen) atoms. The van der Waals surface area contributed by atoms with Crippen LogP contribution in [0.2, 0.25) is 0 Å². The molecule has 0 spiro atoms. The number of rotatable bonds is 6. The van der Waals surface area contributed by atoms with E-state index in [4.69, 9.17) is 30.5 Å². The summed E-state index contributed by atoms with van der Waals surface area (Å²) in [6, 6.07) is 9.05. The molecule has 2 atom stereocenters. The van der Waals surface area contributed by atoms with E-state index in [2.05, 4.69) is 0 Å². The molecule has 6 rings (SSSR count). The zero-order valence-electron chi connectivity index (χ0n) is 25.6. The number of hydrogen-bond acceptors (Lipinski definition) is 11. The average molecular weight is 911 g/mol. The first kappa shape index (κ1) is 37.5. The van der Waals surface area contributed by atoms with E-state index in [-0.39, 0.29) is 92.8 Å². The van der Waals surface area contributed by atoms with Gasteiger partial charge in [0.25, 0.3) is 0 Å². The van der Waals surface area contributed by atoms with Gasteiger partial charge in [-0.1, -0.05) is 0 Å². The molecule has 2 aromatic carbocycles. The Morgan fingerprint density at radius 2 is 1.15 bits per heavy atom. The molecule has 4 fully saturated rings. The zero-order chi connectivity index (χ0) is 33.2. The van der Waals surface area contributed by atoms with Crippen molar-refractivity contribution in [3.8, 4) is 0 Å². The number of amides is 2. The van der Waals surface area contributed by atoms with Gasteiger partial charge >= 0.3 is 12.2 Å². The van der Waals surface area contributed by atoms with Crippen LogP contribution in [0.1, 0.15) is 0 Å². The van der Waals surface area contributed by atoms with E-state index in [0.717, 1.165) is 0 Å². The van der Waals surface area contributed by atoms with Gasteiger partial charge in [0.1, 0.15) is 23.8 Å². The molecule has 2 aromatic rings. The Hall–Kier alpha value is -2.30. The fourth-order valence-electron chi connectivity index (χ4n) is 5.47. The maximum Gasteiger partial charge on any atom is 0.414 e. The van der Waals surface area contributed by atoms with Crippen LogP contribution in [0.4, 0.5) is 41.1 Å². The Balaban J connectivity index is 0.000000208. The summed E-state index contributed by atoms with van der Waals surface area (Å²) in [5.41, 5.74) is 14.3. The van der Waals surface area contributed by atoms with Gasteiger partial charge in [0, 0.05) is 119 Å². The SMILES string of the molecule is N=S1(=O)CCN(c2ccc(N3C[C@H](CN)OC3=O)cc2F)CC1.N=S1(=O)CCN(c2ccc(N3C[C@H](C[NH-])OC3=O)cc2F)CC1.[Ac]. The fourth-order valence-corrected chi connectivity index (χ4v) is 7.94. The molecular weight excluding hydrogens is 873 g/mol. The van der Waals surface area contributed by atoms with Crippen molar-refractivity contribution < 1.29 is 80.3 Å². The largest absolute Gasteiger partial charge is 0.674 e. The van der Waals surface area contributed by atoms with Crippen molar-refractivity contribution in [3.05, 3.63) is 53.8 Å². The predicted molar refractivity (Wildman–Crippen MR) is 172 cm³/mol. The van der Waals surface area contributed by atoms with Crippen molar-refractivity contribution in [2.75, 3.05) is 95.0 Å². The Morgan fingerprint density at radius 1 is 0.766 bits per heavy atom. The number of benzene rings is 2. The number of nitrogens with two attached hydrogens (primary N) is 1. The summed E-state index contributed by atoms with van der Waals surface area (Å²) in [6.07, 6.45) is -1.96. The number of carbonyl (C=O) groups is 2. The van der Waals surface area contributed by atoms with E-state index in [0.29, 0.717) is 55.5 Å². The molecule has 4 aliphatic heterocycles. The van der Waals surface area contributed by atoms with Gasteiger partial charge in [0.15, 0.2) is 0 Å². The summed E-state index contributed by atoms with van der Waals surface area (Å²) in [7, 11) is -5.04. The van der Waals surface area contributed by atoms with Gasteiger partial charge in [0.2, 0.25) is 0 Å². The second-order valence-corrected chi connectivity index (χ2v) is 16.2. The minimum atomic E-state index is -2.53. The summed E-state index contributed by atoms with van der Waals surface area (Å²) in [4.78, 5) is 29.7. The molecule has 0 aliphatic carbocycles. The van der Waals surface area contributed by atoms with E-state index in [1.54, 1.807) is 34.1 Å². The van der Waals surface area contributed by atoms with Gasteiger partial charge in [-0.3, -0.25) is 19.4 Å². The summed E-state index contributed by atoms with van der Waals surface area (Å²) < 4.78 is 77.4. The normalized spacial score (nSPS) is 23.4. The Bertz CT molecular complexity index is 1550. The van der Waals surface area contributed by atoms with Gasteiger partial charge in [0.05, 0.1) is 35.8 Å². The number of nitrogens with one attached hydrogen (secondary N) is 3. The topological polar surface area (TPSA) is 197 Å². The smallest absolute Gasteiger partial charge is 0.414 e. The molecule has 5 N–H and O–H groups in total.